The van der Waals surface area contributed by atoms with E-state index in [1.807, 2.05) is 38.1 Å². The molecule has 31 heavy (non-hydrogen) atoms. The maximum absolute atomic E-state index is 11.4. The molecule has 0 aliphatic heterocycles. The normalized spacial score (nSPS) is 11.6. The Balaban J connectivity index is 1.78. The number of nitrogens with two attached hydrogens (primary N) is 1. The van der Waals surface area contributed by atoms with Crippen LogP contribution in [0.5, 0.6) is 5.88 Å². The first-order chi connectivity index (χ1) is 14.6. The lowest BCUT2D eigenvalue weighted by molar-refractivity contribution is -0.136. The van der Waals surface area contributed by atoms with E-state index in [0.717, 1.165) is 22.3 Å². The Morgan fingerprint density at radius 2 is 2.03 bits per heavy atom. The molecule has 0 bridgehead atoms. The number of carbonyl (C=O) groups is 1. The Morgan fingerprint density at radius 1 is 1.26 bits per heavy atom. The van der Waals surface area contributed by atoms with E-state index >= 15 is 0 Å². The van der Waals surface area contributed by atoms with Gasteiger partial charge in [0.2, 0.25) is 5.88 Å². The third kappa shape index (κ3) is 5.68. The van der Waals surface area contributed by atoms with Crippen LogP contribution in [0, 0.1) is 0 Å². The number of aliphatic carboxylic acids is 1. The first-order valence-electron chi connectivity index (χ1n) is 9.64. The van der Waals surface area contributed by atoms with Crippen LogP contribution >= 0.6 is 0 Å². The fourth-order valence-electron chi connectivity index (χ4n) is 3.28. The molecule has 3 N–H and O–H groups in total. The van der Waals surface area contributed by atoms with E-state index in [-0.39, 0.29) is 24.0 Å². The third-order valence-corrected chi connectivity index (χ3v) is 5.49. The van der Waals surface area contributed by atoms with Crippen LogP contribution in [0.2, 0.25) is 0 Å². The minimum absolute atomic E-state index is 0.0755. The molecule has 3 rings (SSSR count). The summed E-state index contributed by atoms with van der Waals surface area (Å²) in [4.78, 5) is 15.6. The largest absolute Gasteiger partial charge is 0.481 e. The highest BCUT2D eigenvalue weighted by atomic mass is 32.2. The van der Waals surface area contributed by atoms with Gasteiger partial charge in [0, 0.05) is 18.5 Å². The number of ether oxygens (including phenoxy) is 1. The number of hydrogen-bond donors (Lipinski definition) is 2. The SMILES string of the molecule is CC(C)c1cccc(-c2ccnc(OCCn3ccc(S(N)(=O)=O)n3)c2)c1CC(=O)O. The van der Waals surface area contributed by atoms with Gasteiger partial charge in [-0.25, -0.2) is 18.5 Å². The van der Waals surface area contributed by atoms with E-state index in [1.54, 1.807) is 12.3 Å². The lowest BCUT2D eigenvalue weighted by Gasteiger charge is -2.17. The fraction of sp³-hybridized carbons (Fsp3) is 0.286. The quantitative estimate of drug-likeness (QED) is 0.517. The molecule has 0 fully saturated rings. The van der Waals surface area contributed by atoms with Crippen LogP contribution in [-0.2, 0) is 27.8 Å². The summed E-state index contributed by atoms with van der Waals surface area (Å²) < 4.78 is 29.7. The average Bonchev–Trinajstić information content (AvgIpc) is 3.17. The summed E-state index contributed by atoms with van der Waals surface area (Å²) in [5.74, 6) is -0.339. The van der Waals surface area contributed by atoms with Crippen molar-refractivity contribution in [1.29, 1.82) is 0 Å². The zero-order valence-electron chi connectivity index (χ0n) is 17.2. The molecule has 0 radical (unpaired) electrons. The number of rotatable bonds is 9. The van der Waals surface area contributed by atoms with Gasteiger partial charge in [0.05, 0.1) is 13.0 Å². The molecule has 0 atom stereocenters. The van der Waals surface area contributed by atoms with Crippen molar-refractivity contribution in [3.8, 4) is 17.0 Å². The summed E-state index contributed by atoms with van der Waals surface area (Å²) in [5, 5.41) is 18.1. The van der Waals surface area contributed by atoms with Crippen molar-refractivity contribution in [2.24, 2.45) is 5.14 Å². The van der Waals surface area contributed by atoms with E-state index in [0.29, 0.717) is 12.4 Å². The number of primary sulfonamides is 1. The van der Waals surface area contributed by atoms with Crippen molar-refractivity contribution < 1.29 is 23.1 Å². The maximum atomic E-state index is 11.4. The number of aromatic nitrogens is 3. The van der Waals surface area contributed by atoms with E-state index in [9.17, 15) is 18.3 Å². The summed E-state index contributed by atoms with van der Waals surface area (Å²) in [6.45, 7) is 4.56. The maximum Gasteiger partial charge on any atom is 0.307 e. The second-order valence-corrected chi connectivity index (χ2v) is 8.80. The summed E-state index contributed by atoms with van der Waals surface area (Å²) in [5.41, 5.74) is 3.39. The number of benzene rings is 1. The third-order valence-electron chi connectivity index (χ3n) is 4.69. The van der Waals surface area contributed by atoms with Gasteiger partial charge in [-0.3, -0.25) is 9.48 Å². The monoisotopic (exact) mass is 444 g/mol. The van der Waals surface area contributed by atoms with E-state index < -0.39 is 16.0 Å². The predicted octanol–water partition coefficient (Wildman–Crippen LogP) is 2.42. The molecule has 0 amide bonds. The lowest BCUT2D eigenvalue weighted by Crippen LogP contribution is -2.15. The second kappa shape index (κ2) is 9.27. The minimum Gasteiger partial charge on any atom is -0.481 e. The molecule has 2 aromatic heterocycles. The Bertz CT molecular complexity index is 1190. The van der Waals surface area contributed by atoms with E-state index in [2.05, 4.69) is 10.1 Å². The topological polar surface area (TPSA) is 137 Å². The molecule has 164 valence electrons. The smallest absolute Gasteiger partial charge is 0.307 e. The zero-order valence-corrected chi connectivity index (χ0v) is 18.0. The molecule has 0 saturated carbocycles. The van der Waals surface area contributed by atoms with Crippen LogP contribution in [0.4, 0.5) is 0 Å². The molecule has 3 aromatic rings. The molecule has 10 heteroatoms. The highest BCUT2D eigenvalue weighted by Crippen LogP contribution is 2.31. The predicted molar refractivity (Wildman–Crippen MR) is 114 cm³/mol. The molecule has 1 aromatic carbocycles. The van der Waals surface area contributed by atoms with Gasteiger partial charge in [-0.05, 0) is 40.3 Å². The first-order valence-corrected chi connectivity index (χ1v) is 11.2. The van der Waals surface area contributed by atoms with Gasteiger partial charge in [-0.2, -0.15) is 5.10 Å². The van der Waals surface area contributed by atoms with Crippen molar-refractivity contribution in [2.45, 2.75) is 37.8 Å². The van der Waals surface area contributed by atoms with Crippen LogP contribution in [0.25, 0.3) is 11.1 Å². The highest BCUT2D eigenvalue weighted by Gasteiger charge is 2.16. The van der Waals surface area contributed by atoms with Gasteiger partial charge in [-0.15, -0.1) is 0 Å². The minimum atomic E-state index is -3.84. The number of pyridine rings is 1. The zero-order chi connectivity index (χ0) is 22.6. The Morgan fingerprint density at radius 3 is 2.68 bits per heavy atom. The molecule has 9 nitrogen and oxygen atoms in total. The molecule has 0 aliphatic carbocycles. The fourth-order valence-corrected chi connectivity index (χ4v) is 3.75. The molecule has 0 aliphatic rings. The van der Waals surface area contributed by atoms with Crippen molar-refractivity contribution in [1.82, 2.24) is 14.8 Å². The van der Waals surface area contributed by atoms with Crippen LogP contribution in [0.15, 0.2) is 53.8 Å². The van der Waals surface area contributed by atoms with Crippen molar-refractivity contribution in [2.75, 3.05) is 6.61 Å². The molecule has 2 heterocycles. The van der Waals surface area contributed by atoms with E-state index in [1.165, 1.54) is 16.9 Å². The Kier molecular flexibility index (Phi) is 6.71. The first kappa shape index (κ1) is 22.4. The van der Waals surface area contributed by atoms with Gasteiger partial charge >= 0.3 is 5.97 Å². The molecular weight excluding hydrogens is 420 g/mol. The number of sulfonamides is 1. The van der Waals surface area contributed by atoms with Crippen molar-refractivity contribution in [3.05, 3.63) is 59.9 Å². The number of nitrogens with zero attached hydrogens (tertiary/aromatic N) is 3. The van der Waals surface area contributed by atoms with Crippen LogP contribution in [0.3, 0.4) is 0 Å². The van der Waals surface area contributed by atoms with Gasteiger partial charge in [-0.1, -0.05) is 32.0 Å². The standard InChI is InChI=1S/C21H24N4O5S/c1-14(2)16-4-3-5-17(18(16)13-21(26)27)15-6-8-23-19(12-15)30-11-10-25-9-7-20(24-25)31(22,28)29/h3-9,12,14H,10-11,13H2,1-2H3,(H,26,27)(H2,22,28,29). The van der Waals surface area contributed by atoms with Crippen LogP contribution in [0.1, 0.15) is 30.9 Å². The Hall–Kier alpha value is -3.24. The second-order valence-electron chi connectivity index (χ2n) is 7.29. The lowest BCUT2D eigenvalue weighted by atomic mass is 9.89. The van der Waals surface area contributed by atoms with E-state index in [4.69, 9.17) is 9.88 Å². The highest BCUT2D eigenvalue weighted by molar-refractivity contribution is 7.89. The number of carboxylic acid groups (broad SMARTS) is 1. The van der Waals surface area contributed by atoms with Gasteiger partial charge < -0.3 is 9.84 Å². The molecule has 0 spiro atoms. The van der Waals surface area contributed by atoms with Gasteiger partial charge in [0.25, 0.3) is 10.0 Å². The van der Waals surface area contributed by atoms with Gasteiger partial charge in [0.1, 0.15) is 6.61 Å². The van der Waals surface area contributed by atoms with Crippen LogP contribution < -0.4 is 9.88 Å². The summed E-state index contributed by atoms with van der Waals surface area (Å²) in [7, 11) is -3.84. The van der Waals surface area contributed by atoms with Crippen LogP contribution in [-0.4, -0.2) is 40.9 Å². The van der Waals surface area contributed by atoms with Gasteiger partial charge in [0.15, 0.2) is 5.03 Å². The summed E-state index contributed by atoms with van der Waals surface area (Å²) in [6.07, 6.45) is 3.03. The number of carboxylic acids is 1. The molecule has 0 unspecified atom stereocenters. The number of hydrogen-bond acceptors (Lipinski definition) is 6. The molecule has 0 saturated heterocycles. The van der Waals surface area contributed by atoms with Crippen molar-refractivity contribution >= 4 is 16.0 Å². The van der Waals surface area contributed by atoms with Crippen molar-refractivity contribution in [3.63, 3.8) is 0 Å². The summed E-state index contributed by atoms with van der Waals surface area (Å²) >= 11 is 0. The average molecular weight is 445 g/mol. The Labute approximate surface area is 180 Å². The summed E-state index contributed by atoms with van der Waals surface area (Å²) in [6, 6.07) is 10.6. The molecular formula is C21H24N4O5S.